The highest BCUT2D eigenvalue weighted by atomic mass is 19.4. The van der Waals surface area contributed by atoms with Crippen molar-refractivity contribution < 1.29 is 13.2 Å². The average Bonchev–Trinajstić information content (AvgIpc) is 2.14. The first-order valence-corrected chi connectivity index (χ1v) is 4.90. The van der Waals surface area contributed by atoms with Gasteiger partial charge in [-0.15, -0.1) is 0 Å². The third-order valence-electron chi connectivity index (χ3n) is 2.52. The molecule has 0 aliphatic heterocycles. The Morgan fingerprint density at radius 1 is 1.24 bits per heavy atom. The van der Waals surface area contributed by atoms with Crippen LogP contribution in [0.3, 0.4) is 0 Å². The van der Waals surface area contributed by atoms with Crippen molar-refractivity contribution in [3.8, 4) is 0 Å². The van der Waals surface area contributed by atoms with Crippen molar-refractivity contribution in [1.82, 2.24) is 0 Å². The van der Waals surface area contributed by atoms with Gasteiger partial charge in [0.15, 0.2) is 5.96 Å². The van der Waals surface area contributed by atoms with E-state index in [9.17, 15) is 13.2 Å². The number of guanidine groups is 1. The fourth-order valence-corrected chi connectivity index (χ4v) is 1.77. The predicted molar refractivity (Wildman–Crippen MR) is 61.2 cm³/mol. The third-order valence-corrected chi connectivity index (χ3v) is 2.52. The van der Waals surface area contributed by atoms with E-state index in [1.165, 1.54) is 4.90 Å². The lowest BCUT2D eigenvalue weighted by Gasteiger charge is -2.23. The lowest BCUT2D eigenvalue weighted by Crippen LogP contribution is -2.33. The van der Waals surface area contributed by atoms with E-state index in [0.29, 0.717) is 16.8 Å². The van der Waals surface area contributed by atoms with Gasteiger partial charge in [0, 0.05) is 12.7 Å². The summed E-state index contributed by atoms with van der Waals surface area (Å²) in [5.41, 5.74) is 6.04. The van der Waals surface area contributed by atoms with Gasteiger partial charge in [-0.2, -0.15) is 13.2 Å². The van der Waals surface area contributed by atoms with Gasteiger partial charge in [-0.25, -0.2) is 0 Å². The third kappa shape index (κ3) is 2.69. The van der Waals surface area contributed by atoms with E-state index in [4.69, 9.17) is 11.1 Å². The topological polar surface area (TPSA) is 53.1 Å². The Labute approximate surface area is 97.5 Å². The molecule has 1 aromatic rings. The first-order valence-electron chi connectivity index (χ1n) is 4.90. The summed E-state index contributed by atoms with van der Waals surface area (Å²) in [6.45, 7) is 3.13. The second-order valence-electron chi connectivity index (χ2n) is 3.90. The Morgan fingerprint density at radius 2 is 1.65 bits per heavy atom. The number of hydrogen-bond acceptors (Lipinski definition) is 1. The summed E-state index contributed by atoms with van der Waals surface area (Å²) >= 11 is 0. The van der Waals surface area contributed by atoms with Crippen LogP contribution in [0.25, 0.3) is 0 Å². The number of rotatable bonds is 1. The quantitative estimate of drug-likeness (QED) is 0.590. The summed E-state index contributed by atoms with van der Waals surface area (Å²) in [5.74, 6) is -0.212. The molecule has 0 bridgehead atoms. The van der Waals surface area contributed by atoms with Crippen molar-refractivity contribution >= 4 is 11.6 Å². The van der Waals surface area contributed by atoms with Crippen molar-refractivity contribution in [3.63, 3.8) is 0 Å². The molecule has 3 nitrogen and oxygen atoms in total. The highest BCUT2D eigenvalue weighted by molar-refractivity contribution is 5.93. The van der Waals surface area contributed by atoms with Gasteiger partial charge in [-0.3, -0.25) is 5.41 Å². The number of aryl methyl sites for hydroxylation is 2. The van der Waals surface area contributed by atoms with E-state index in [-0.39, 0.29) is 5.96 Å². The number of nitrogens with zero attached hydrogens (tertiary/aromatic N) is 1. The van der Waals surface area contributed by atoms with Gasteiger partial charge in [0.05, 0.1) is 5.56 Å². The normalized spacial score (nSPS) is 11.4. The summed E-state index contributed by atoms with van der Waals surface area (Å²) in [6.07, 6.45) is -4.36. The van der Waals surface area contributed by atoms with Crippen LogP contribution in [-0.4, -0.2) is 13.0 Å². The monoisotopic (exact) mass is 245 g/mol. The van der Waals surface area contributed by atoms with Gasteiger partial charge in [0.25, 0.3) is 0 Å². The molecule has 17 heavy (non-hydrogen) atoms. The molecule has 0 unspecified atom stereocenters. The van der Waals surface area contributed by atoms with Crippen LogP contribution in [0.5, 0.6) is 0 Å². The number of nitrogens with two attached hydrogens (primary N) is 1. The van der Waals surface area contributed by atoms with Gasteiger partial charge >= 0.3 is 6.18 Å². The van der Waals surface area contributed by atoms with Gasteiger partial charge in [-0.1, -0.05) is 0 Å². The van der Waals surface area contributed by atoms with E-state index < -0.39 is 11.7 Å². The Morgan fingerprint density at radius 3 is 1.94 bits per heavy atom. The molecule has 6 heteroatoms. The lowest BCUT2D eigenvalue weighted by molar-refractivity contribution is -0.137. The maximum Gasteiger partial charge on any atom is 0.416 e. The van der Waals surface area contributed by atoms with E-state index >= 15 is 0 Å². The van der Waals surface area contributed by atoms with Crippen LogP contribution in [0.15, 0.2) is 12.1 Å². The zero-order chi connectivity index (χ0) is 13.4. The van der Waals surface area contributed by atoms with Crippen molar-refractivity contribution in [3.05, 3.63) is 28.8 Å². The molecule has 0 amide bonds. The smallest absolute Gasteiger partial charge is 0.370 e. The van der Waals surface area contributed by atoms with Crippen molar-refractivity contribution in [2.75, 3.05) is 11.9 Å². The first-order chi connectivity index (χ1) is 7.64. The van der Waals surface area contributed by atoms with Crippen LogP contribution in [0.4, 0.5) is 18.9 Å². The molecular weight excluding hydrogens is 231 g/mol. The van der Waals surface area contributed by atoms with Gasteiger partial charge < -0.3 is 10.6 Å². The molecule has 0 aliphatic carbocycles. The van der Waals surface area contributed by atoms with E-state index in [1.807, 2.05) is 0 Å². The summed E-state index contributed by atoms with van der Waals surface area (Å²) < 4.78 is 37.7. The number of anilines is 1. The highest BCUT2D eigenvalue weighted by Gasteiger charge is 2.31. The molecule has 0 radical (unpaired) electrons. The molecule has 0 aliphatic rings. The van der Waals surface area contributed by atoms with Crippen molar-refractivity contribution in [2.24, 2.45) is 5.73 Å². The van der Waals surface area contributed by atoms with E-state index in [2.05, 4.69) is 0 Å². The molecule has 0 saturated carbocycles. The molecule has 3 N–H and O–H groups in total. The number of nitrogens with one attached hydrogen (secondary N) is 1. The first kappa shape index (κ1) is 13.3. The standard InChI is InChI=1S/C11H14F3N3/c1-6-4-8(11(12,13)14)5-7(2)9(6)17(3)10(15)16/h4-5H,1-3H3,(H3,15,16). The van der Waals surface area contributed by atoms with Gasteiger partial charge in [0.2, 0.25) is 0 Å². The van der Waals surface area contributed by atoms with Crippen molar-refractivity contribution in [2.45, 2.75) is 20.0 Å². The molecule has 0 spiro atoms. The maximum absolute atomic E-state index is 12.6. The second-order valence-corrected chi connectivity index (χ2v) is 3.90. The fraction of sp³-hybridized carbons (Fsp3) is 0.364. The molecule has 0 aromatic heterocycles. The SMILES string of the molecule is Cc1cc(C(F)(F)F)cc(C)c1N(C)C(=N)N. The number of benzene rings is 1. The molecule has 94 valence electrons. The minimum atomic E-state index is -4.36. The van der Waals surface area contributed by atoms with Crippen LogP contribution in [0, 0.1) is 19.3 Å². The Bertz CT molecular complexity index is 429. The minimum Gasteiger partial charge on any atom is -0.370 e. The number of halogens is 3. The predicted octanol–water partition coefficient (Wildman–Crippen LogP) is 2.65. The van der Waals surface area contributed by atoms with Gasteiger partial charge in [-0.05, 0) is 37.1 Å². The molecular formula is C11H14F3N3. The fourth-order valence-electron chi connectivity index (χ4n) is 1.77. The van der Waals surface area contributed by atoms with E-state index in [0.717, 1.165) is 12.1 Å². The summed E-state index contributed by atoms with van der Waals surface area (Å²) in [4.78, 5) is 1.35. The summed E-state index contributed by atoms with van der Waals surface area (Å²) in [6, 6.07) is 2.11. The maximum atomic E-state index is 12.6. The van der Waals surface area contributed by atoms with Crippen LogP contribution < -0.4 is 10.6 Å². The Balaban J connectivity index is 3.34. The number of alkyl halides is 3. The van der Waals surface area contributed by atoms with E-state index in [1.54, 1.807) is 20.9 Å². The summed E-state index contributed by atoms with van der Waals surface area (Å²) in [5, 5.41) is 7.29. The highest BCUT2D eigenvalue weighted by Crippen LogP contribution is 2.34. The molecule has 0 saturated heterocycles. The molecule has 0 fully saturated rings. The van der Waals surface area contributed by atoms with Crippen LogP contribution in [-0.2, 0) is 6.18 Å². The van der Waals surface area contributed by atoms with Crippen LogP contribution in [0.1, 0.15) is 16.7 Å². The average molecular weight is 245 g/mol. The van der Waals surface area contributed by atoms with Crippen LogP contribution >= 0.6 is 0 Å². The Hall–Kier alpha value is -1.72. The number of hydrogen-bond donors (Lipinski definition) is 2. The lowest BCUT2D eigenvalue weighted by atomic mass is 10.0. The Kier molecular flexibility index (Phi) is 3.35. The molecule has 1 aromatic carbocycles. The molecule has 0 atom stereocenters. The zero-order valence-corrected chi connectivity index (χ0v) is 9.81. The van der Waals surface area contributed by atoms with Crippen molar-refractivity contribution in [1.29, 1.82) is 5.41 Å². The largest absolute Gasteiger partial charge is 0.416 e. The summed E-state index contributed by atoms with van der Waals surface area (Å²) in [7, 11) is 1.55. The molecule has 0 heterocycles. The minimum absolute atomic E-state index is 0.212. The zero-order valence-electron chi connectivity index (χ0n) is 9.81. The van der Waals surface area contributed by atoms with Gasteiger partial charge in [0.1, 0.15) is 0 Å². The molecule has 1 rings (SSSR count). The second kappa shape index (κ2) is 4.27. The van der Waals surface area contributed by atoms with Crippen LogP contribution in [0.2, 0.25) is 0 Å².